The molecule has 2 aromatic carbocycles. The predicted octanol–water partition coefficient (Wildman–Crippen LogP) is 2.24. The Morgan fingerprint density at radius 3 is 2.38 bits per heavy atom. The van der Waals surface area contributed by atoms with Gasteiger partial charge in [0.1, 0.15) is 23.9 Å². The number of likely N-dealkylation sites (N-methyl/N-ethyl adjacent to an activating group) is 1. The van der Waals surface area contributed by atoms with Crippen LogP contribution in [0, 0.1) is 40.9 Å². The van der Waals surface area contributed by atoms with Crippen molar-refractivity contribution >= 4 is 34.8 Å². The number of carbonyl (C=O) groups is 6. The van der Waals surface area contributed by atoms with E-state index in [0.29, 0.717) is 62.9 Å². The first kappa shape index (κ1) is 42.0. The van der Waals surface area contributed by atoms with Gasteiger partial charge >= 0.3 is 0 Å². The highest BCUT2D eigenvalue weighted by Crippen LogP contribution is 2.60. The van der Waals surface area contributed by atoms with Crippen LogP contribution in [0.3, 0.4) is 0 Å². The number of phenols is 1. The Morgan fingerprint density at radius 2 is 1.64 bits per heavy atom. The summed E-state index contributed by atoms with van der Waals surface area (Å²) < 4.78 is 6.24. The maximum atomic E-state index is 14.4. The lowest BCUT2D eigenvalue weighted by Gasteiger charge is -2.55. The summed E-state index contributed by atoms with van der Waals surface area (Å²) in [5.41, 5.74) is -2.13. The van der Waals surface area contributed by atoms with E-state index in [-0.39, 0.29) is 29.6 Å². The zero-order chi connectivity index (χ0) is 43.3. The van der Waals surface area contributed by atoms with Crippen LogP contribution in [0.5, 0.6) is 11.5 Å². The Hall–Kier alpha value is -4.34. The van der Waals surface area contributed by atoms with E-state index in [1.807, 2.05) is 4.90 Å². The second kappa shape index (κ2) is 15.2. The number of Topliss-reactive ketones (excluding diaryl/α,β-unsaturated/α-hetero) is 5. The molecule has 11 unspecified atom stereocenters. The molecule has 0 bridgehead atoms. The molecule has 14 nitrogen and oxygen atoms in total. The van der Waals surface area contributed by atoms with E-state index in [4.69, 9.17) is 4.74 Å². The number of ether oxygens (including phenoxy) is 1. The van der Waals surface area contributed by atoms with E-state index >= 15 is 0 Å². The molecule has 4 saturated carbocycles. The standard InChI is InChI=1S/C47H58N4O10/c1-45-15-14-28-27-11-9-26(22-25(27)8-10-29(28)30(45)12-13-35(45)53)61-21-20-50-16-18-51(19-17-50)24-48-44(58)38-41(55)39(49(3)4)33-23-32-37(42(56)47(33,60)43(38)57)40(54)36-31(46(32,2)59)6-5-7-34(36)52/h5-7,9,11,22,28-30,32-33,37-39,52,59-60H,8,10,12-21,23-24H2,1-4H3,(H,48,58). The highest BCUT2D eigenvalue weighted by molar-refractivity contribution is 6.32. The normalized spacial score (nSPS) is 37.3. The summed E-state index contributed by atoms with van der Waals surface area (Å²) in [6, 6.07) is 9.51. The maximum absolute atomic E-state index is 14.4. The van der Waals surface area contributed by atoms with Crippen LogP contribution in [0.25, 0.3) is 0 Å². The fraction of sp³-hybridized carbons (Fsp3) is 0.617. The number of piperazine rings is 1. The minimum absolute atomic E-state index is 0.0397. The van der Waals surface area contributed by atoms with Gasteiger partial charge in [0.25, 0.3) is 0 Å². The van der Waals surface area contributed by atoms with Crippen LogP contribution >= 0.6 is 0 Å². The van der Waals surface area contributed by atoms with Crippen LogP contribution in [0.1, 0.15) is 85.3 Å². The third-order valence-corrected chi connectivity index (χ3v) is 16.4. The van der Waals surface area contributed by atoms with Crippen LogP contribution in [-0.2, 0) is 36.0 Å². The van der Waals surface area contributed by atoms with E-state index in [1.165, 1.54) is 41.1 Å². The molecule has 2 aromatic rings. The Kier molecular flexibility index (Phi) is 10.4. The van der Waals surface area contributed by atoms with E-state index in [0.717, 1.165) is 44.3 Å². The summed E-state index contributed by atoms with van der Waals surface area (Å²) in [5, 5.41) is 37.3. The number of ketones is 5. The average molecular weight is 839 g/mol. The first-order valence-electron chi connectivity index (χ1n) is 22.1. The number of aryl methyl sites for hydroxylation is 1. The Morgan fingerprint density at radius 1 is 0.902 bits per heavy atom. The van der Waals surface area contributed by atoms with Gasteiger partial charge in [-0.25, -0.2) is 0 Å². The smallest absolute Gasteiger partial charge is 0.239 e. The molecule has 9 rings (SSSR count). The van der Waals surface area contributed by atoms with Gasteiger partial charge in [-0.15, -0.1) is 0 Å². The van der Waals surface area contributed by atoms with Crippen molar-refractivity contribution < 1.29 is 48.8 Å². The van der Waals surface area contributed by atoms with Gasteiger partial charge in [0.15, 0.2) is 34.7 Å². The number of hydrogen-bond donors (Lipinski definition) is 4. The van der Waals surface area contributed by atoms with Gasteiger partial charge in [-0.1, -0.05) is 25.1 Å². The second-order valence-corrected chi connectivity index (χ2v) is 19.6. The largest absolute Gasteiger partial charge is 0.507 e. The van der Waals surface area contributed by atoms with Crippen molar-refractivity contribution in [2.45, 2.75) is 82.0 Å². The minimum atomic E-state index is -2.86. The summed E-state index contributed by atoms with van der Waals surface area (Å²) in [6.45, 7) is 7.51. The molecule has 4 N–H and O–H groups in total. The van der Waals surface area contributed by atoms with Gasteiger partial charge in [0.05, 0.1) is 29.8 Å². The van der Waals surface area contributed by atoms with Crippen LogP contribution in [0.15, 0.2) is 36.4 Å². The summed E-state index contributed by atoms with van der Waals surface area (Å²) in [4.78, 5) is 88.7. The number of hydrogen-bond acceptors (Lipinski definition) is 13. The molecule has 5 fully saturated rings. The van der Waals surface area contributed by atoms with Crippen molar-refractivity contribution in [3.05, 3.63) is 58.7 Å². The molecule has 1 amide bonds. The highest BCUT2D eigenvalue weighted by atomic mass is 16.5. The number of aromatic hydroxyl groups is 1. The summed E-state index contributed by atoms with van der Waals surface area (Å²) in [7, 11) is 3.11. The lowest BCUT2D eigenvalue weighted by molar-refractivity contribution is -0.188. The summed E-state index contributed by atoms with van der Waals surface area (Å²) >= 11 is 0. The third-order valence-electron chi connectivity index (χ3n) is 16.4. The van der Waals surface area contributed by atoms with Crippen LogP contribution in [-0.4, -0.2) is 137 Å². The number of rotatable bonds is 8. The number of amides is 1. The molecule has 0 radical (unpaired) electrons. The lowest BCUT2D eigenvalue weighted by atomic mass is 9.49. The predicted molar refractivity (Wildman–Crippen MR) is 221 cm³/mol. The summed E-state index contributed by atoms with van der Waals surface area (Å²) in [6.07, 6.45) is 5.74. The maximum Gasteiger partial charge on any atom is 0.239 e. The molecule has 11 atom stereocenters. The number of carbonyl (C=O) groups excluding carboxylic acids is 6. The van der Waals surface area contributed by atoms with Crippen molar-refractivity contribution in [1.29, 1.82) is 0 Å². The third kappa shape index (κ3) is 6.45. The lowest BCUT2D eigenvalue weighted by Crippen LogP contribution is -2.75. The number of aliphatic hydroxyl groups is 2. The van der Waals surface area contributed by atoms with Crippen molar-refractivity contribution in [2.24, 2.45) is 40.9 Å². The van der Waals surface area contributed by atoms with Gasteiger partial charge < -0.3 is 25.4 Å². The zero-order valence-electron chi connectivity index (χ0n) is 35.5. The van der Waals surface area contributed by atoms with E-state index in [1.54, 1.807) is 14.1 Å². The van der Waals surface area contributed by atoms with Gasteiger partial charge in [0, 0.05) is 56.4 Å². The van der Waals surface area contributed by atoms with Crippen LogP contribution in [0.4, 0.5) is 0 Å². The first-order valence-corrected chi connectivity index (χ1v) is 22.1. The Balaban J connectivity index is 0.793. The molecule has 326 valence electrons. The van der Waals surface area contributed by atoms with E-state index in [2.05, 4.69) is 35.3 Å². The van der Waals surface area contributed by atoms with Gasteiger partial charge in [-0.05, 0) is 112 Å². The van der Waals surface area contributed by atoms with Crippen LogP contribution in [0.2, 0.25) is 0 Å². The zero-order valence-corrected chi connectivity index (χ0v) is 35.5. The van der Waals surface area contributed by atoms with Gasteiger partial charge in [0.2, 0.25) is 5.91 Å². The number of nitrogens with zero attached hydrogens (tertiary/aromatic N) is 3. The topological polar surface area (TPSA) is 194 Å². The SMILES string of the molecule is CN(C)C1C(=O)C(C(=O)NCN2CCN(CCOc3ccc4c(c3)CCC3C4CCC4(C)C(=O)CCC34)CC2)C(=O)C2(O)C(=O)C3C(=O)c4c(O)cccc4C(C)(O)C3CC12. The first-order chi connectivity index (χ1) is 29.0. The highest BCUT2D eigenvalue weighted by Gasteiger charge is 2.71. The molecule has 1 heterocycles. The number of nitrogens with one attached hydrogen (secondary N) is 1. The van der Waals surface area contributed by atoms with E-state index < -0.39 is 75.7 Å². The molecule has 7 aliphatic rings. The molecule has 1 aliphatic heterocycles. The molecular formula is C47H58N4O10. The monoisotopic (exact) mass is 838 g/mol. The quantitative estimate of drug-likeness (QED) is 0.283. The van der Waals surface area contributed by atoms with Crippen molar-refractivity contribution in [2.75, 3.05) is 60.1 Å². The van der Waals surface area contributed by atoms with Crippen molar-refractivity contribution in [1.82, 2.24) is 20.0 Å². The van der Waals surface area contributed by atoms with E-state index in [9.17, 15) is 44.1 Å². The molecule has 0 aromatic heterocycles. The molecule has 61 heavy (non-hydrogen) atoms. The van der Waals surface area contributed by atoms with Crippen LogP contribution < -0.4 is 10.1 Å². The average Bonchev–Trinajstić information content (AvgIpc) is 3.54. The number of fused-ring (bicyclic) bond motifs is 8. The Bertz CT molecular complexity index is 2200. The van der Waals surface area contributed by atoms with Gasteiger partial charge in [-0.2, -0.15) is 0 Å². The van der Waals surface area contributed by atoms with Crippen molar-refractivity contribution in [3.8, 4) is 11.5 Å². The number of benzene rings is 2. The second-order valence-electron chi connectivity index (χ2n) is 19.6. The molecule has 1 saturated heterocycles. The Labute approximate surface area is 356 Å². The fourth-order valence-corrected chi connectivity index (χ4v) is 13.0. The molecular weight excluding hydrogens is 781 g/mol. The molecule has 14 heteroatoms. The van der Waals surface area contributed by atoms with Crippen molar-refractivity contribution in [3.63, 3.8) is 0 Å². The fourth-order valence-electron chi connectivity index (χ4n) is 13.0. The molecule has 0 spiro atoms. The number of phenolic OH excluding ortho intramolecular Hbond substituents is 1. The van der Waals surface area contributed by atoms with Gasteiger partial charge in [-0.3, -0.25) is 43.5 Å². The summed E-state index contributed by atoms with van der Waals surface area (Å²) in [5.74, 6) is -8.55. The molecule has 6 aliphatic carbocycles. The minimum Gasteiger partial charge on any atom is -0.507 e.